The highest BCUT2D eigenvalue weighted by Crippen LogP contribution is 2.33. The van der Waals surface area contributed by atoms with Gasteiger partial charge in [-0.25, -0.2) is 4.98 Å². The molecule has 4 heteroatoms. The van der Waals surface area contributed by atoms with Gasteiger partial charge in [-0.1, -0.05) is 42.5 Å². The zero-order chi connectivity index (χ0) is 18.6. The average Bonchev–Trinajstić information content (AvgIpc) is 3.24. The lowest BCUT2D eigenvalue weighted by Crippen LogP contribution is -2.30. The molecule has 0 N–H and O–H groups in total. The van der Waals surface area contributed by atoms with E-state index < -0.39 is 0 Å². The fourth-order valence-corrected chi connectivity index (χ4v) is 3.68. The minimum absolute atomic E-state index is 0.0984. The van der Waals surface area contributed by atoms with Crippen molar-refractivity contribution >= 4 is 17.4 Å². The Bertz CT molecular complexity index is 894. The summed E-state index contributed by atoms with van der Waals surface area (Å²) >= 11 is 0. The molecular formula is C23H23N3O. The van der Waals surface area contributed by atoms with Gasteiger partial charge < -0.3 is 9.80 Å². The predicted molar refractivity (Wildman–Crippen MR) is 108 cm³/mol. The number of rotatable bonds is 4. The third kappa shape index (κ3) is 3.56. The highest BCUT2D eigenvalue weighted by Gasteiger charge is 2.30. The van der Waals surface area contributed by atoms with Crippen LogP contribution in [0, 0.1) is 0 Å². The Hall–Kier alpha value is -3.14. The van der Waals surface area contributed by atoms with Crippen LogP contribution in [-0.2, 0) is 0 Å². The Kier molecular flexibility index (Phi) is 4.88. The first-order chi connectivity index (χ1) is 13.2. The molecule has 1 aromatic heterocycles. The standard InChI is InChI=1S/C23H23N3O/c1-25(20-11-6-3-7-12-20)22-15-14-19(17-24-22)21-13-8-16-26(21)23(27)18-9-4-2-5-10-18/h2-7,9-12,14-15,17,21H,8,13,16H2,1H3/t21-/m1/s1. The molecule has 0 saturated carbocycles. The van der Waals surface area contributed by atoms with Gasteiger partial charge in [0.2, 0.25) is 0 Å². The molecular weight excluding hydrogens is 334 g/mol. The molecule has 1 aliphatic heterocycles. The maximum absolute atomic E-state index is 12.9. The van der Waals surface area contributed by atoms with Crippen molar-refractivity contribution in [2.24, 2.45) is 0 Å². The third-order valence-electron chi connectivity index (χ3n) is 5.18. The Balaban J connectivity index is 1.53. The van der Waals surface area contributed by atoms with Gasteiger partial charge in [-0.15, -0.1) is 0 Å². The van der Waals surface area contributed by atoms with Crippen LogP contribution in [0.15, 0.2) is 79.0 Å². The van der Waals surface area contributed by atoms with Crippen molar-refractivity contribution in [3.05, 3.63) is 90.1 Å². The van der Waals surface area contributed by atoms with Crippen LogP contribution in [-0.4, -0.2) is 29.4 Å². The van der Waals surface area contributed by atoms with Crippen molar-refractivity contribution < 1.29 is 4.79 Å². The number of amides is 1. The van der Waals surface area contributed by atoms with Gasteiger partial charge in [-0.2, -0.15) is 0 Å². The van der Waals surface area contributed by atoms with Gasteiger partial charge in [-0.05, 0) is 48.7 Å². The molecule has 2 heterocycles. The Morgan fingerprint density at radius 3 is 2.37 bits per heavy atom. The van der Waals surface area contributed by atoms with Crippen LogP contribution in [0.1, 0.15) is 34.8 Å². The second kappa shape index (κ2) is 7.62. The number of hydrogen-bond donors (Lipinski definition) is 0. The van der Waals surface area contributed by atoms with E-state index in [0.717, 1.165) is 42.0 Å². The van der Waals surface area contributed by atoms with Gasteiger partial charge >= 0.3 is 0 Å². The van der Waals surface area contributed by atoms with E-state index in [-0.39, 0.29) is 11.9 Å². The molecule has 0 aliphatic carbocycles. The average molecular weight is 357 g/mol. The number of aromatic nitrogens is 1. The molecule has 0 unspecified atom stereocenters. The maximum atomic E-state index is 12.9. The first-order valence-corrected chi connectivity index (χ1v) is 9.35. The molecule has 4 nitrogen and oxygen atoms in total. The zero-order valence-electron chi connectivity index (χ0n) is 15.5. The van der Waals surface area contributed by atoms with Crippen LogP contribution >= 0.6 is 0 Å². The summed E-state index contributed by atoms with van der Waals surface area (Å²) < 4.78 is 0. The number of likely N-dealkylation sites (tertiary alicyclic amines) is 1. The van der Waals surface area contributed by atoms with Crippen molar-refractivity contribution in [2.75, 3.05) is 18.5 Å². The molecule has 1 saturated heterocycles. The largest absolute Gasteiger partial charge is 0.332 e. The zero-order valence-corrected chi connectivity index (χ0v) is 15.5. The SMILES string of the molecule is CN(c1ccccc1)c1ccc([C@H]2CCCN2C(=O)c2ccccc2)cn1. The number of pyridine rings is 1. The van der Waals surface area contributed by atoms with E-state index in [0.29, 0.717) is 0 Å². The van der Waals surface area contributed by atoms with Crippen molar-refractivity contribution in [1.29, 1.82) is 0 Å². The highest BCUT2D eigenvalue weighted by molar-refractivity contribution is 5.94. The van der Waals surface area contributed by atoms with Gasteiger partial charge in [0.05, 0.1) is 6.04 Å². The van der Waals surface area contributed by atoms with Gasteiger partial charge in [0, 0.05) is 31.0 Å². The van der Waals surface area contributed by atoms with Crippen LogP contribution < -0.4 is 4.90 Å². The summed E-state index contributed by atoms with van der Waals surface area (Å²) in [6, 6.07) is 23.9. The van der Waals surface area contributed by atoms with Gasteiger partial charge in [0.1, 0.15) is 5.82 Å². The molecule has 1 amide bonds. The normalized spacial score (nSPS) is 16.3. The minimum Gasteiger partial charge on any atom is -0.332 e. The molecule has 1 aliphatic rings. The quantitative estimate of drug-likeness (QED) is 0.671. The monoisotopic (exact) mass is 357 g/mol. The minimum atomic E-state index is 0.0984. The van der Waals surface area contributed by atoms with Crippen LogP contribution in [0.25, 0.3) is 0 Å². The smallest absolute Gasteiger partial charge is 0.254 e. The fraction of sp³-hybridized carbons (Fsp3) is 0.217. The molecule has 1 atom stereocenters. The number of carbonyl (C=O) groups excluding carboxylic acids is 1. The predicted octanol–water partition coefficient (Wildman–Crippen LogP) is 4.83. The Morgan fingerprint density at radius 1 is 1.00 bits per heavy atom. The summed E-state index contributed by atoms with van der Waals surface area (Å²) in [5.41, 5.74) is 2.94. The molecule has 4 rings (SSSR count). The van der Waals surface area contributed by atoms with E-state index >= 15 is 0 Å². The lowest BCUT2D eigenvalue weighted by atomic mass is 10.1. The second-order valence-electron chi connectivity index (χ2n) is 6.87. The molecule has 136 valence electrons. The number of anilines is 2. The number of carbonyl (C=O) groups is 1. The van der Waals surface area contributed by atoms with Crippen molar-refractivity contribution in [3.8, 4) is 0 Å². The topological polar surface area (TPSA) is 36.4 Å². The van der Waals surface area contributed by atoms with Gasteiger partial charge in [0.15, 0.2) is 0 Å². The van der Waals surface area contributed by atoms with Crippen LogP contribution in [0.4, 0.5) is 11.5 Å². The van der Waals surface area contributed by atoms with Crippen LogP contribution in [0.2, 0.25) is 0 Å². The summed E-state index contributed by atoms with van der Waals surface area (Å²) in [6.07, 6.45) is 3.92. The van der Waals surface area contributed by atoms with E-state index in [1.807, 2.05) is 72.7 Å². The Labute approximate surface area is 160 Å². The van der Waals surface area contributed by atoms with E-state index in [1.165, 1.54) is 0 Å². The number of benzene rings is 2. The number of para-hydroxylation sites is 1. The van der Waals surface area contributed by atoms with E-state index in [2.05, 4.69) is 28.1 Å². The highest BCUT2D eigenvalue weighted by atomic mass is 16.2. The van der Waals surface area contributed by atoms with Crippen molar-refractivity contribution in [1.82, 2.24) is 9.88 Å². The lowest BCUT2D eigenvalue weighted by molar-refractivity contribution is 0.0735. The van der Waals surface area contributed by atoms with E-state index in [9.17, 15) is 4.79 Å². The summed E-state index contributed by atoms with van der Waals surface area (Å²) in [6.45, 7) is 0.796. The van der Waals surface area contributed by atoms with Crippen LogP contribution in [0.5, 0.6) is 0 Å². The Morgan fingerprint density at radius 2 is 1.70 bits per heavy atom. The van der Waals surface area contributed by atoms with Crippen molar-refractivity contribution in [3.63, 3.8) is 0 Å². The fourth-order valence-electron chi connectivity index (χ4n) is 3.68. The number of hydrogen-bond acceptors (Lipinski definition) is 3. The second-order valence-corrected chi connectivity index (χ2v) is 6.87. The van der Waals surface area contributed by atoms with E-state index in [4.69, 9.17) is 0 Å². The van der Waals surface area contributed by atoms with Gasteiger partial charge in [0.25, 0.3) is 5.91 Å². The lowest BCUT2D eigenvalue weighted by Gasteiger charge is -2.26. The first kappa shape index (κ1) is 17.3. The molecule has 0 bridgehead atoms. The molecule has 27 heavy (non-hydrogen) atoms. The molecule has 0 spiro atoms. The molecule has 3 aromatic rings. The molecule has 1 fully saturated rings. The summed E-state index contributed by atoms with van der Waals surface area (Å²) in [7, 11) is 2.01. The summed E-state index contributed by atoms with van der Waals surface area (Å²) in [4.78, 5) is 21.6. The first-order valence-electron chi connectivity index (χ1n) is 9.35. The third-order valence-corrected chi connectivity index (χ3v) is 5.18. The van der Waals surface area contributed by atoms with Crippen molar-refractivity contribution in [2.45, 2.75) is 18.9 Å². The molecule has 2 aromatic carbocycles. The van der Waals surface area contributed by atoms with E-state index in [1.54, 1.807) is 0 Å². The van der Waals surface area contributed by atoms with Crippen LogP contribution in [0.3, 0.4) is 0 Å². The summed E-state index contributed by atoms with van der Waals surface area (Å²) in [5.74, 6) is 0.993. The summed E-state index contributed by atoms with van der Waals surface area (Å²) in [5, 5.41) is 0. The number of nitrogens with zero attached hydrogens (tertiary/aromatic N) is 3. The maximum Gasteiger partial charge on any atom is 0.254 e. The van der Waals surface area contributed by atoms with Gasteiger partial charge in [-0.3, -0.25) is 4.79 Å². The molecule has 0 radical (unpaired) electrons.